The molecular weight excluding hydrogens is 399 g/mol. The second-order valence-electron chi connectivity index (χ2n) is 6.00. The van der Waals surface area contributed by atoms with Crippen LogP contribution >= 0.6 is 23.2 Å². The van der Waals surface area contributed by atoms with Crippen LogP contribution in [0.3, 0.4) is 0 Å². The molecule has 1 aliphatic rings. The molecule has 140 valence electrons. The van der Waals surface area contributed by atoms with Crippen molar-refractivity contribution in [3.8, 4) is 0 Å². The lowest BCUT2D eigenvalue weighted by Crippen LogP contribution is -2.51. The molecule has 0 N–H and O–H groups in total. The van der Waals surface area contributed by atoms with Gasteiger partial charge < -0.3 is 9.47 Å². The molecule has 7 nitrogen and oxygen atoms in total. The Hall–Kier alpha value is -1.61. The number of sulfonamides is 1. The SMILES string of the molecule is Cn1cnc(S(=O)(=O)N2CCN(C(=O)Cc3ccccc3Cl)CC2)c1Cl. The maximum absolute atomic E-state index is 12.7. The molecular formula is C16H18Cl2N4O3S. The summed E-state index contributed by atoms with van der Waals surface area (Å²) < 4.78 is 28.1. The van der Waals surface area contributed by atoms with E-state index < -0.39 is 10.0 Å². The third kappa shape index (κ3) is 3.73. The number of piperazine rings is 1. The molecule has 0 radical (unpaired) electrons. The highest BCUT2D eigenvalue weighted by Gasteiger charge is 2.33. The monoisotopic (exact) mass is 416 g/mol. The minimum atomic E-state index is -3.78. The molecule has 0 bridgehead atoms. The van der Waals surface area contributed by atoms with Gasteiger partial charge in [-0.15, -0.1) is 0 Å². The van der Waals surface area contributed by atoms with Crippen LogP contribution in [0.4, 0.5) is 0 Å². The summed E-state index contributed by atoms with van der Waals surface area (Å²) in [5.41, 5.74) is 0.759. The van der Waals surface area contributed by atoms with Gasteiger partial charge in [-0.25, -0.2) is 13.4 Å². The summed E-state index contributed by atoms with van der Waals surface area (Å²) in [6.45, 7) is 1.02. The van der Waals surface area contributed by atoms with Crippen LogP contribution < -0.4 is 0 Å². The molecule has 1 aliphatic heterocycles. The predicted octanol–water partition coefficient (Wildman–Crippen LogP) is 1.80. The number of carbonyl (C=O) groups excluding carboxylic acids is 1. The maximum atomic E-state index is 12.7. The standard InChI is InChI=1S/C16H18Cl2N4O3S/c1-20-11-19-16(15(20)18)26(24,25)22-8-6-21(7-9-22)14(23)10-12-4-2-3-5-13(12)17/h2-5,11H,6-10H2,1H3. The molecule has 0 aliphatic carbocycles. The van der Waals surface area contributed by atoms with E-state index in [0.717, 1.165) is 5.56 Å². The number of halogens is 2. The first-order chi connectivity index (χ1) is 12.3. The molecule has 3 rings (SSSR count). The Balaban J connectivity index is 1.65. The van der Waals surface area contributed by atoms with E-state index in [1.54, 1.807) is 18.0 Å². The third-order valence-electron chi connectivity index (χ3n) is 4.31. The topological polar surface area (TPSA) is 75.5 Å². The molecule has 0 atom stereocenters. The number of nitrogens with zero attached hydrogens (tertiary/aromatic N) is 4. The van der Waals surface area contributed by atoms with Crippen molar-refractivity contribution in [3.05, 3.63) is 46.3 Å². The van der Waals surface area contributed by atoms with Crippen LogP contribution in [0.15, 0.2) is 35.6 Å². The fourth-order valence-corrected chi connectivity index (χ4v) is 4.80. The van der Waals surface area contributed by atoms with Gasteiger partial charge in [0.05, 0.1) is 12.7 Å². The van der Waals surface area contributed by atoms with Crippen LogP contribution in [0.1, 0.15) is 5.56 Å². The highest BCUT2D eigenvalue weighted by atomic mass is 35.5. The lowest BCUT2D eigenvalue weighted by Gasteiger charge is -2.33. The van der Waals surface area contributed by atoms with Crippen LogP contribution in [0.25, 0.3) is 0 Å². The first-order valence-electron chi connectivity index (χ1n) is 7.99. The average Bonchev–Trinajstić information content (AvgIpc) is 2.97. The van der Waals surface area contributed by atoms with Crippen molar-refractivity contribution in [3.63, 3.8) is 0 Å². The second-order valence-corrected chi connectivity index (χ2v) is 8.62. The van der Waals surface area contributed by atoms with Crippen molar-refractivity contribution in [1.29, 1.82) is 0 Å². The zero-order valence-electron chi connectivity index (χ0n) is 14.1. The molecule has 0 saturated carbocycles. The van der Waals surface area contributed by atoms with Gasteiger partial charge in [-0.2, -0.15) is 4.31 Å². The molecule has 0 unspecified atom stereocenters. The third-order valence-corrected chi connectivity index (χ3v) is 7.07. The fourth-order valence-electron chi connectivity index (χ4n) is 2.78. The number of carbonyl (C=O) groups is 1. The fraction of sp³-hybridized carbons (Fsp3) is 0.375. The Morgan fingerprint density at radius 1 is 1.15 bits per heavy atom. The van der Waals surface area contributed by atoms with Gasteiger partial charge in [-0.3, -0.25) is 4.79 Å². The number of amides is 1. The maximum Gasteiger partial charge on any atom is 0.263 e. The van der Waals surface area contributed by atoms with Crippen LogP contribution in [-0.2, 0) is 28.3 Å². The number of aryl methyl sites for hydroxylation is 1. The number of hydrogen-bond donors (Lipinski definition) is 0. The number of benzene rings is 1. The van der Waals surface area contributed by atoms with E-state index in [9.17, 15) is 13.2 Å². The lowest BCUT2D eigenvalue weighted by molar-refractivity contribution is -0.131. The minimum absolute atomic E-state index is 0.0715. The van der Waals surface area contributed by atoms with Crippen LogP contribution in [0.5, 0.6) is 0 Å². The number of aromatic nitrogens is 2. The first kappa shape index (κ1) is 19.2. The van der Waals surface area contributed by atoms with E-state index >= 15 is 0 Å². The predicted molar refractivity (Wildman–Crippen MR) is 98.7 cm³/mol. The van der Waals surface area contributed by atoms with Gasteiger partial charge in [-0.05, 0) is 11.6 Å². The van der Waals surface area contributed by atoms with Gasteiger partial charge in [0, 0.05) is 38.2 Å². The van der Waals surface area contributed by atoms with Crippen LogP contribution in [-0.4, -0.2) is 59.3 Å². The lowest BCUT2D eigenvalue weighted by atomic mass is 10.1. The molecule has 2 aromatic rings. The van der Waals surface area contributed by atoms with E-state index in [4.69, 9.17) is 23.2 Å². The average molecular weight is 417 g/mol. The summed E-state index contributed by atoms with van der Waals surface area (Å²) in [6, 6.07) is 7.19. The van der Waals surface area contributed by atoms with Gasteiger partial charge in [0.1, 0.15) is 5.15 Å². The van der Waals surface area contributed by atoms with Crippen molar-refractivity contribution in [1.82, 2.24) is 18.8 Å². The van der Waals surface area contributed by atoms with Crippen molar-refractivity contribution in [2.75, 3.05) is 26.2 Å². The van der Waals surface area contributed by atoms with Crippen LogP contribution in [0, 0.1) is 0 Å². The van der Waals surface area contributed by atoms with E-state index in [-0.39, 0.29) is 35.6 Å². The molecule has 1 aromatic carbocycles. The number of rotatable bonds is 4. The van der Waals surface area contributed by atoms with Crippen molar-refractivity contribution < 1.29 is 13.2 Å². The van der Waals surface area contributed by atoms with E-state index in [1.165, 1.54) is 15.2 Å². The Kier molecular flexibility index (Phi) is 5.57. The summed E-state index contributed by atoms with van der Waals surface area (Å²) in [4.78, 5) is 18.0. The number of hydrogen-bond acceptors (Lipinski definition) is 4. The van der Waals surface area contributed by atoms with Crippen molar-refractivity contribution in [2.24, 2.45) is 7.05 Å². The van der Waals surface area contributed by atoms with Gasteiger partial charge in [0.15, 0.2) is 0 Å². The first-order valence-corrected chi connectivity index (χ1v) is 10.2. The van der Waals surface area contributed by atoms with Gasteiger partial charge >= 0.3 is 0 Å². The molecule has 0 spiro atoms. The molecule has 10 heteroatoms. The quantitative estimate of drug-likeness (QED) is 0.761. The smallest absolute Gasteiger partial charge is 0.263 e. The molecule has 26 heavy (non-hydrogen) atoms. The Labute approximate surface area is 162 Å². The highest BCUT2D eigenvalue weighted by molar-refractivity contribution is 7.89. The van der Waals surface area contributed by atoms with E-state index in [0.29, 0.717) is 18.1 Å². The zero-order chi connectivity index (χ0) is 18.9. The summed E-state index contributed by atoms with van der Waals surface area (Å²) in [7, 11) is -2.15. The molecule has 1 aromatic heterocycles. The summed E-state index contributed by atoms with van der Waals surface area (Å²) in [6.07, 6.45) is 1.55. The van der Waals surface area contributed by atoms with Crippen LogP contribution in [0.2, 0.25) is 10.2 Å². The molecule has 1 saturated heterocycles. The van der Waals surface area contributed by atoms with Crippen molar-refractivity contribution >= 4 is 39.1 Å². The van der Waals surface area contributed by atoms with E-state index in [2.05, 4.69) is 4.98 Å². The second kappa shape index (κ2) is 7.56. The largest absolute Gasteiger partial charge is 0.340 e. The van der Waals surface area contributed by atoms with Gasteiger partial charge in [0.2, 0.25) is 10.9 Å². The Bertz CT molecular complexity index is 921. The summed E-state index contributed by atoms with van der Waals surface area (Å²) in [5, 5.41) is 0.464. The highest BCUT2D eigenvalue weighted by Crippen LogP contribution is 2.24. The molecule has 1 amide bonds. The molecule has 2 heterocycles. The van der Waals surface area contributed by atoms with E-state index in [1.807, 2.05) is 18.2 Å². The normalized spacial score (nSPS) is 16.0. The van der Waals surface area contributed by atoms with Gasteiger partial charge in [-0.1, -0.05) is 41.4 Å². The number of imidazole rings is 1. The Morgan fingerprint density at radius 2 is 1.81 bits per heavy atom. The summed E-state index contributed by atoms with van der Waals surface area (Å²) in [5.74, 6) is -0.0778. The molecule has 1 fully saturated rings. The Morgan fingerprint density at radius 3 is 2.38 bits per heavy atom. The van der Waals surface area contributed by atoms with Gasteiger partial charge in [0.25, 0.3) is 10.0 Å². The van der Waals surface area contributed by atoms with Crippen molar-refractivity contribution in [2.45, 2.75) is 11.4 Å². The zero-order valence-corrected chi connectivity index (χ0v) is 16.4. The minimum Gasteiger partial charge on any atom is -0.340 e. The summed E-state index contributed by atoms with van der Waals surface area (Å²) >= 11 is 12.1.